The van der Waals surface area contributed by atoms with Gasteiger partial charge in [0.25, 0.3) is 0 Å². The Bertz CT molecular complexity index is 187. The molecule has 0 N–H and O–H groups in total. The van der Waals surface area contributed by atoms with Crippen molar-refractivity contribution in [3.05, 3.63) is 0 Å². The van der Waals surface area contributed by atoms with E-state index in [9.17, 15) is 0 Å². The third kappa shape index (κ3) is 22.6. The molecule has 0 amide bonds. The van der Waals surface area contributed by atoms with Crippen LogP contribution in [0.2, 0.25) is 6.04 Å². The third-order valence-corrected chi connectivity index (χ3v) is 6.09. The summed E-state index contributed by atoms with van der Waals surface area (Å²) >= 11 is 0. The van der Waals surface area contributed by atoms with Crippen LogP contribution in [-0.4, -0.2) is 30.3 Å². The molecule has 0 bridgehead atoms. The lowest BCUT2D eigenvalue weighted by molar-refractivity contribution is 0.498. The highest BCUT2D eigenvalue weighted by Gasteiger charge is 1.96. The Morgan fingerprint density at radius 3 is 1.39 bits per heavy atom. The summed E-state index contributed by atoms with van der Waals surface area (Å²) in [6.07, 6.45) is 22.9. The predicted octanol–water partition coefficient (Wildman–Crippen LogP) is 5.94. The summed E-state index contributed by atoms with van der Waals surface area (Å²) in [6.45, 7) is 2.29. The highest BCUT2D eigenvalue weighted by Crippen LogP contribution is 2.13. The van der Waals surface area contributed by atoms with Gasteiger partial charge >= 0.3 is 10.0 Å². The Balaban J connectivity index is 2.92. The summed E-state index contributed by atoms with van der Waals surface area (Å²) in [4.78, 5) is 0. The van der Waals surface area contributed by atoms with E-state index >= 15 is 0 Å². The summed E-state index contributed by atoms with van der Waals surface area (Å²) in [5.74, 6) is 0. The fourth-order valence-corrected chi connectivity index (χ4v) is 4.43. The molecule has 23 heavy (non-hydrogen) atoms. The molecule has 0 aromatic rings. The molecule has 0 aromatic heterocycles. The van der Waals surface area contributed by atoms with Gasteiger partial charge in [-0.05, 0) is 6.04 Å². The van der Waals surface area contributed by atoms with E-state index in [0.29, 0.717) is 9.76 Å². The van der Waals surface area contributed by atoms with Crippen molar-refractivity contribution in [1.29, 1.82) is 0 Å². The van der Waals surface area contributed by atoms with Gasteiger partial charge < -0.3 is 8.23 Å². The van der Waals surface area contributed by atoms with Gasteiger partial charge in [-0.3, -0.25) is 0 Å². The van der Waals surface area contributed by atoms with Gasteiger partial charge in [0.15, 0.2) is 0 Å². The molecule has 0 saturated heterocycles. The quantitative estimate of drug-likeness (QED) is 0.195. The van der Waals surface area contributed by atoms with Gasteiger partial charge in [0.2, 0.25) is 20.2 Å². The maximum atomic E-state index is 5.29. The molecule has 5 heteroatoms. The fourth-order valence-electron chi connectivity index (χ4n) is 2.85. The lowest BCUT2D eigenvalue weighted by atomic mass is 10.0. The van der Waals surface area contributed by atoms with Crippen molar-refractivity contribution in [2.24, 2.45) is 0 Å². The first-order valence-corrected chi connectivity index (χ1v) is 12.2. The van der Waals surface area contributed by atoms with E-state index in [1.807, 2.05) is 0 Å². The molecule has 0 aliphatic rings. The van der Waals surface area contributed by atoms with Crippen molar-refractivity contribution in [2.75, 3.05) is 0 Å². The minimum absolute atomic E-state index is 0.152. The molecule has 0 aromatic carbocycles. The monoisotopic (exact) mass is 369 g/mol. The van der Waals surface area contributed by atoms with Crippen molar-refractivity contribution in [3.63, 3.8) is 0 Å². The second kappa shape index (κ2) is 22.6. The van der Waals surface area contributed by atoms with Crippen LogP contribution in [0, 0.1) is 0 Å². The van der Waals surface area contributed by atoms with Crippen LogP contribution < -0.4 is 0 Å². The molecule has 0 aliphatic carbocycles. The van der Waals surface area contributed by atoms with E-state index in [-0.39, 0.29) is 10.0 Å². The molecular formula is C18H37O2Si3. The Hall–Kier alpha value is 0.571. The molecule has 7 radical (unpaired) electrons. The molecule has 0 saturated carbocycles. The van der Waals surface area contributed by atoms with Gasteiger partial charge in [0.05, 0.1) is 0 Å². The summed E-state index contributed by atoms with van der Waals surface area (Å²) < 4.78 is 9.98. The highest BCUT2D eigenvalue weighted by molar-refractivity contribution is 6.41. The second-order valence-electron chi connectivity index (χ2n) is 6.49. The maximum Gasteiger partial charge on any atom is 0.409 e. The Morgan fingerprint density at radius 2 is 1.00 bits per heavy atom. The first kappa shape index (κ1) is 23.6. The van der Waals surface area contributed by atoms with Crippen LogP contribution in [0.5, 0.6) is 0 Å². The fraction of sp³-hybridized carbons (Fsp3) is 1.00. The molecule has 2 nitrogen and oxygen atoms in total. The van der Waals surface area contributed by atoms with Crippen molar-refractivity contribution < 1.29 is 8.23 Å². The van der Waals surface area contributed by atoms with Crippen molar-refractivity contribution in [2.45, 2.75) is 116 Å². The zero-order chi connectivity index (χ0) is 16.8. The van der Waals surface area contributed by atoms with Gasteiger partial charge in [-0.2, -0.15) is 0 Å². The zero-order valence-electron chi connectivity index (χ0n) is 15.3. The van der Waals surface area contributed by atoms with Crippen molar-refractivity contribution in [3.8, 4) is 0 Å². The zero-order valence-corrected chi connectivity index (χ0v) is 18.3. The molecule has 0 atom stereocenters. The summed E-state index contributed by atoms with van der Waals surface area (Å²) in [5, 5.41) is 0. The molecule has 0 aliphatic heterocycles. The van der Waals surface area contributed by atoms with E-state index in [1.54, 1.807) is 0 Å². The average Bonchev–Trinajstić information content (AvgIpc) is 2.57. The molecule has 0 heterocycles. The number of hydrogen-bond acceptors (Lipinski definition) is 2. The van der Waals surface area contributed by atoms with Gasteiger partial charge in [0.1, 0.15) is 0 Å². The van der Waals surface area contributed by atoms with E-state index in [2.05, 4.69) is 17.4 Å². The largest absolute Gasteiger partial charge is 0.435 e. The van der Waals surface area contributed by atoms with Crippen LogP contribution >= 0.6 is 0 Å². The van der Waals surface area contributed by atoms with Crippen LogP contribution in [-0.2, 0) is 8.23 Å². The third-order valence-electron chi connectivity index (χ3n) is 4.29. The van der Waals surface area contributed by atoms with Crippen LogP contribution in [0.15, 0.2) is 0 Å². The minimum atomic E-state index is 0.152. The smallest absolute Gasteiger partial charge is 0.409 e. The lowest BCUT2D eigenvalue weighted by Crippen LogP contribution is -2.06. The molecule has 133 valence electrons. The van der Waals surface area contributed by atoms with Gasteiger partial charge in [0, 0.05) is 0 Å². The molecular weight excluding hydrogens is 332 g/mol. The number of hydrogen-bond donors (Lipinski definition) is 0. The van der Waals surface area contributed by atoms with Gasteiger partial charge in [-0.25, -0.2) is 0 Å². The number of rotatable bonds is 20. The lowest BCUT2D eigenvalue weighted by Gasteiger charge is -2.03. The Morgan fingerprint density at radius 1 is 0.609 bits per heavy atom. The summed E-state index contributed by atoms with van der Waals surface area (Å²) in [6, 6.07) is 1.20. The molecule has 0 rings (SSSR count). The van der Waals surface area contributed by atoms with E-state index < -0.39 is 0 Å². The van der Waals surface area contributed by atoms with E-state index in [4.69, 9.17) is 8.23 Å². The van der Waals surface area contributed by atoms with E-state index in [0.717, 1.165) is 0 Å². The Labute approximate surface area is 154 Å². The SMILES string of the molecule is CCCCCCCCCCCCCCCCCC[Si]O[Si]O[Si]. The number of unbranched alkanes of at least 4 members (excludes halogenated alkanes) is 15. The molecule has 0 spiro atoms. The summed E-state index contributed by atoms with van der Waals surface area (Å²) in [5.41, 5.74) is 0. The maximum absolute atomic E-state index is 5.29. The second-order valence-corrected chi connectivity index (χ2v) is 9.07. The minimum Gasteiger partial charge on any atom is -0.435 e. The van der Waals surface area contributed by atoms with Crippen molar-refractivity contribution in [1.82, 2.24) is 0 Å². The predicted molar refractivity (Wildman–Crippen MR) is 104 cm³/mol. The van der Waals surface area contributed by atoms with Crippen molar-refractivity contribution >= 4 is 30.3 Å². The van der Waals surface area contributed by atoms with Crippen LogP contribution in [0.3, 0.4) is 0 Å². The Kier molecular flexibility index (Phi) is 23.1. The topological polar surface area (TPSA) is 18.5 Å². The van der Waals surface area contributed by atoms with Gasteiger partial charge in [-0.15, -0.1) is 0 Å². The summed E-state index contributed by atoms with van der Waals surface area (Å²) in [7, 11) is 3.70. The van der Waals surface area contributed by atoms with Crippen LogP contribution in [0.4, 0.5) is 0 Å². The molecule has 0 fully saturated rings. The normalized spacial score (nSPS) is 11.2. The van der Waals surface area contributed by atoms with E-state index in [1.165, 1.54) is 109 Å². The first-order chi connectivity index (χ1) is 11.4. The standard InChI is InChI=1S/C18H37O2Si3/c1-2-3-4-5-6-7-8-9-10-11-12-13-14-15-16-17-18-22-20-23-19-21/h2-18H2,1H3. The molecule has 0 unspecified atom stereocenters. The average molecular weight is 370 g/mol. The van der Waals surface area contributed by atoms with Gasteiger partial charge in [-0.1, -0.05) is 110 Å². The van der Waals surface area contributed by atoms with Crippen LogP contribution in [0.25, 0.3) is 0 Å². The first-order valence-electron chi connectivity index (χ1n) is 9.88. The highest BCUT2D eigenvalue weighted by atomic mass is 28.3. The van der Waals surface area contributed by atoms with Crippen LogP contribution in [0.1, 0.15) is 110 Å².